The molecule has 0 radical (unpaired) electrons. The van der Waals surface area contributed by atoms with Gasteiger partial charge < -0.3 is 20.5 Å². The molecule has 1 saturated carbocycles. The summed E-state index contributed by atoms with van der Waals surface area (Å²) >= 11 is 0. The molecule has 1 aliphatic carbocycles. The highest BCUT2D eigenvalue weighted by Gasteiger charge is 2.42. The molecule has 6 heteroatoms. The predicted molar refractivity (Wildman–Crippen MR) is 73.5 cm³/mol. The maximum absolute atomic E-state index is 12.1. The van der Waals surface area contributed by atoms with Gasteiger partial charge in [0.05, 0.1) is 0 Å². The van der Waals surface area contributed by atoms with E-state index in [2.05, 4.69) is 24.5 Å². The van der Waals surface area contributed by atoms with Gasteiger partial charge in [0, 0.05) is 32.1 Å². The molecular formula is C14H24N2O4. The van der Waals surface area contributed by atoms with Crippen molar-refractivity contribution in [2.24, 2.45) is 5.41 Å². The van der Waals surface area contributed by atoms with Gasteiger partial charge in [0.2, 0.25) is 0 Å². The van der Waals surface area contributed by atoms with Gasteiger partial charge in [-0.15, -0.1) is 0 Å². The van der Waals surface area contributed by atoms with Crippen LogP contribution in [-0.2, 0) is 9.53 Å². The molecule has 0 aromatic rings. The molecule has 2 aliphatic rings. The van der Waals surface area contributed by atoms with Crippen LogP contribution in [0.3, 0.4) is 0 Å². The van der Waals surface area contributed by atoms with E-state index < -0.39 is 11.5 Å². The zero-order valence-corrected chi connectivity index (χ0v) is 12.2. The third-order valence-electron chi connectivity index (χ3n) is 4.41. The van der Waals surface area contributed by atoms with E-state index in [1.165, 1.54) is 0 Å². The Morgan fingerprint density at radius 2 is 1.85 bits per heavy atom. The minimum absolute atomic E-state index is 0.135. The van der Waals surface area contributed by atoms with Crippen LogP contribution in [0.5, 0.6) is 0 Å². The minimum Gasteiger partial charge on any atom is -0.480 e. The third kappa shape index (κ3) is 3.42. The topological polar surface area (TPSA) is 87.7 Å². The first-order valence-electron chi connectivity index (χ1n) is 7.23. The number of hydrogen-bond donors (Lipinski definition) is 3. The highest BCUT2D eigenvalue weighted by atomic mass is 16.5. The molecule has 2 amide bonds. The van der Waals surface area contributed by atoms with Crippen molar-refractivity contribution in [2.75, 3.05) is 13.2 Å². The third-order valence-corrected chi connectivity index (χ3v) is 4.41. The first-order valence-corrected chi connectivity index (χ1v) is 7.23. The standard InChI is InChI=1S/C14H24N2O4/c1-13(2)4-3-10(9-13)15-12(19)16-14(11(17)18)5-7-20-8-6-14/h10H,3-9H2,1-2H3,(H,17,18)(H2,15,16,19). The maximum atomic E-state index is 12.1. The lowest BCUT2D eigenvalue weighted by atomic mass is 9.90. The minimum atomic E-state index is -1.18. The zero-order chi connectivity index (χ0) is 14.8. The molecule has 0 spiro atoms. The largest absolute Gasteiger partial charge is 0.480 e. The summed E-state index contributed by atoms with van der Waals surface area (Å²) < 4.78 is 5.18. The Morgan fingerprint density at radius 3 is 2.35 bits per heavy atom. The van der Waals surface area contributed by atoms with Gasteiger partial charge >= 0.3 is 12.0 Å². The molecule has 0 aromatic carbocycles. The second-order valence-corrected chi connectivity index (χ2v) is 6.70. The van der Waals surface area contributed by atoms with Crippen molar-refractivity contribution in [2.45, 2.75) is 57.5 Å². The smallest absolute Gasteiger partial charge is 0.329 e. The highest BCUT2D eigenvalue weighted by Crippen LogP contribution is 2.36. The number of nitrogens with one attached hydrogen (secondary N) is 2. The molecule has 2 rings (SSSR count). The highest BCUT2D eigenvalue weighted by molar-refractivity contribution is 5.86. The number of rotatable bonds is 3. The summed E-state index contributed by atoms with van der Waals surface area (Å²) in [7, 11) is 0. The molecule has 1 unspecified atom stereocenters. The predicted octanol–water partition coefficient (Wildman–Crippen LogP) is 1.50. The second kappa shape index (κ2) is 5.60. The van der Waals surface area contributed by atoms with Crippen LogP contribution in [0, 0.1) is 5.41 Å². The Balaban J connectivity index is 1.91. The molecule has 1 heterocycles. The monoisotopic (exact) mass is 284 g/mol. The van der Waals surface area contributed by atoms with Crippen molar-refractivity contribution in [1.29, 1.82) is 0 Å². The molecule has 1 saturated heterocycles. The van der Waals surface area contributed by atoms with Gasteiger partial charge in [-0.3, -0.25) is 0 Å². The van der Waals surface area contributed by atoms with E-state index in [1.54, 1.807) is 0 Å². The van der Waals surface area contributed by atoms with E-state index in [0.29, 0.717) is 26.1 Å². The first-order chi connectivity index (χ1) is 9.33. The maximum Gasteiger partial charge on any atom is 0.329 e. The average Bonchev–Trinajstić information content (AvgIpc) is 2.69. The lowest BCUT2D eigenvalue weighted by molar-refractivity contribution is -0.148. The van der Waals surface area contributed by atoms with Gasteiger partial charge in [-0.2, -0.15) is 0 Å². The fourth-order valence-corrected chi connectivity index (χ4v) is 3.11. The number of urea groups is 1. The molecule has 20 heavy (non-hydrogen) atoms. The quantitative estimate of drug-likeness (QED) is 0.733. The molecule has 1 aliphatic heterocycles. The number of aliphatic carboxylic acids is 1. The number of ether oxygens (including phenoxy) is 1. The average molecular weight is 284 g/mol. The number of hydrogen-bond acceptors (Lipinski definition) is 3. The van der Waals surface area contributed by atoms with Crippen LogP contribution in [0.2, 0.25) is 0 Å². The second-order valence-electron chi connectivity index (χ2n) is 6.70. The Hall–Kier alpha value is -1.30. The molecule has 2 fully saturated rings. The van der Waals surface area contributed by atoms with Gasteiger partial charge in [0.25, 0.3) is 0 Å². The van der Waals surface area contributed by atoms with Crippen molar-refractivity contribution in [3.05, 3.63) is 0 Å². The number of carbonyl (C=O) groups excluding carboxylic acids is 1. The molecule has 114 valence electrons. The Bertz CT molecular complexity index is 389. The first kappa shape index (κ1) is 15.1. The fraction of sp³-hybridized carbons (Fsp3) is 0.857. The lowest BCUT2D eigenvalue weighted by Crippen LogP contribution is -2.60. The van der Waals surface area contributed by atoms with Gasteiger partial charge in [-0.25, -0.2) is 9.59 Å². The lowest BCUT2D eigenvalue weighted by Gasteiger charge is -2.34. The van der Waals surface area contributed by atoms with E-state index in [0.717, 1.165) is 19.3 Å². The van der Waals surface area contributed by atoms with Crippen LogP contribution in [0.25, 0.3) is 0 Å². The number of carboxylic acid groups (broad SMARTS) is 1. The van der Waals surface area contributed by atoms with Crippen LogP contribution in [0.4, 0.5) is 4.79 Å². The molecule has 6 nitrogen and oxygen atoms in total. The van der Waals surface area contributed by atoms with Crippen molar-refractivity contribution in [3.63, 3.8) is 0 Å². The molecule has 0 aromatic heterocycles. The summed E-state index contributed by atoms with van der Waals surface area (Å²) in [5.74, 6) is -0.984. The van der Waals surface area contributed by atoms with E-state index >= 15 is 0 Å². The van der Waals surface area contributed by atoms with Gasteiger partial charge in [0.15, 0.2) is 0 Å². The van der Waals surface area contributed by atoms with E-state index in [4.69, 9.17) is 4.74 Å². The number of carboxylic acids is 1. The summed E-state index contributed by atoms with van der Waals surface area (Å²) in [6.45, 7) is 5.10. The summed E-state index contributed by atoms with van der Waals surface area (Å²) in [4.78, 5) is 23.5. The summed E-state index contributed by atoms with van der Waals surface area (Å²) in [6, 6.07) is -0.243. The van der Waals surface area contributed by atoms with Crippen LogP contribution in [0.15, 0.2) is 0 Å². The molecular weight excluding hydrogens is 260 g/mol. The normalized spacial score (nSPS) is 27.8. The SMILES string of the molecule is CC1(C)CCC(NC(=O)NC2(C(=O)O)CCOCC2)C1. The zero-order valence-electron chi connectivity index (χ0n) is 12.2. The van der Waals surface area contributed by atoms with Crippen molar-refractivity contribution >= 4 is 12.0 Å². The van der Waals surface area contributed by atoms with Gasteiger partial charge in [-0.05, 0) is 24.7 Å². The van der Waals surface area contributed by atoms with Crippen molar-refractivity contribution in [1.82, 2.24) is 10.6 Å². The summed E-state index contributed by atoms with van der Waals surface area (Å²) in [5, 5.41) is 14.9. The van der Waals surface area contributed by atoms with Crippen molar-refractivity contribution in [3.8, 4) is 0 Å². The van der Waals surface area contributed by atoms with Crippen LogP contribution in [-0.4, -0.2) is 41.9 Å². The Morgan fingerprint density at radius 1 is 1.20 bits per heavy atom. The molecule has 1 atom stereocenters. The molecule has 3 N–H and O–H groups in total. The van der Waals surface area contributed by atoms with E-state index in [-0.39, 0.29) is 17.5 Å². The number of carbonyl (C=O) groups is 2. The van der Waals surface area contributed by atoms with E-state index in [1.807, 2.05) is 0 Å². The number of amides is 2. The van der Waals surface area contributed by atoms with Gasteiger partial charge in [-0.1, -0.05) is 13.8 Å². The van der Waals surface area contributed by atoms with Crippen LogP contribution >= 0.6 is 0 Å². The summed E-state index contributed by atoms with van der Waals surface area (Å²) in [5.41, 5.74) is -0.933. The van der Waals surface area contributed by atoms with Crippen LogP contribution < -0.4 is 10.6 Å². The van der Waals surface area contributed by atoms with Crippen molar-refractivity contribution < 1.29 is 19.4 Å². The van der Waals surface area contributed by atoms with Gasteiger partial charge in [0.1, 0.15) is 5.54 Å². The fourth-order valence-electron chi connectivity index (χ4n) is 3.11. The van der Waals surface area contributed by atoms with Crippen LogP contribution in [0.1, 0.15) is 46.0 Å². The summed E-state index contributed by atoms with van der Waals surface area (Å²) in [6.07, 6.45) is 3.58. The Labute approximate surface area is 119 Å². The Kier molecular flexibility index (Phi) is 4.22. The van der Waals surface area contributed by atoms with E-state index in [9.17, 15) is 14.7 Å². The molecule has 0 bridgehead atoms.